The molecule has 0 saturated heterocycles. The fourth-order valence-corrected chi connectivity index (χ4v) is 0. The van der Waals surface area contributed by atoms with E-state index in [0.717, 1.165) is 7.11 Å². The van der Waals surface area contributed by atoms with E-state index in [1.54, 1.807) is 0 Å². The van der Waals surface area contributed by atoms with Crippen LogP contribution in [0.5, 0.6) is 0 Å². The molecule has 0 amide bonds. The fourth-order valence-electron chi connectivity index (χ4n) is 0. The Morgan fingerprint density at radius 3 is 2.60 bits per heavy atom. The van der Waals surface area contributed by atoms with Gasteiger partial charge >= 0.3 is 8.20 Å². The monoisotopic (exact) mass is 97.0 g/mol. The Morgan fingerprint density at radius 2 is 2.60 bits per heavy atom. The molecule has 0 aromatic rings. The van der Waals surface area contributed by atoms with Crippen molar-refractivity contribution in [3.05, 3.63) is 0 Å². The van der Waals surface area contributed by atoms with Crippen molar-refractivity contribution in [3.63, 3.8) is 0 Å². The SMILES string of the molecule is [2H]P(=O)(O)OC. The molecule has 1 N–H and O–H groups in total. The fraction of sp³-hybridized carbons (Fsp3) is 1.00. The highest BCUT2D eigenvalue weighted by Crippen LogP contribution is 2.09. The van der Waals surface area contributed by atoms with Gasteiger partial charge in [0.2, 0.25) is 0 Å². The van der Waals surface area contributed by atoms with Gasteiger partial charge in [0.25, 0.3) is 0 Å². The van der Waals surface area contributed by atoms with Gasteiger partial charge in [0.15, 0.2) is 1.28 Å². The number of hydrogen-bond acceptors (Lipinski definition) is 2. The van der Waals surface area contributed by atoms with E-state index in [-0.39, 0.29) is 0 Å². The Labute approximate surface area is 31.8 Å². The lowest BCUT2D eigenvalue weighted by atomic mass is 11.8. The Balaban J connectivity index is 3.48. The first-order valence-electron chi connectivity index (χ1n) is 1.42. The third-order valence-electron chi connectivity index (χ3n) is 0.156. The average molecular weight is 97.0 g/mol. The van der Waals surface area contributed by atoms with Crippen LogP contribution in [0.3, 0.4) is 0 Å². The van der Waals surface area contributed by atoms with Crippen molar-refractivity contribution < 1.29 is 14.0 Å². The topological polar surface area (TPSA) is 46.5 Å². The zero-order chi connectivity index (χ0) is 5.21. The molecule has 0 heterocycles. The highest BCUT2D eigenvalue weighted by molar-refractivity contribution is 7.32. The van der Waals surface area contributed by atoms with Crippen molar-refractivity contribution in [1.82, 2.24) is 0 Å². The van der Waals surface area contributed by atoms with Crippen LogP contribution in [0.25, 0.3) is 0 Å². The Kier molecular flexibility index (Phi) is 1.60. The third kappa shape index (κ3) is 4.15. The minimum atomic E-state index is -3.90. The van der Waals surface area contributed by atoms with Crippen molar-refractivity contribution in [2.75, 3.05) is 7.11 Å². The van der Waals surface area contributed by atoms with Gasteiger partial charge in [0, 0.05) is 7.11 Å². The van der Waals surface area contributed by atoms with Crippen LogP contribution in [-0.2, 0) is 9.09 Å². The molecular weight excluding hydrogens is 91.0 g/mol. The summed E-state index contributed by atoms with van der Waals surface area (Å²) < 4.78 is 19.4. The number of rotatable bonds is 1. The second-order valence-electron chi connectivity index (χ2n) is 0.420. The predicted molar refractivity (Wildman–Crippen MR) is 18.2 cm³/mol. The van der Waals surface area contributed by atoms with E-state index in [2.05, 4.69) is 4.52 Å². The van der Waals surface area contributed by atoms with Crippen molar-refractivity contribution >= 4 is 8.20 Å². The van der Waals surface area contributed by atoms with E-state index in [0.29, 0.717) is 0 Å². The summed E-state index contributed by atoms with van der Waals surface area (Å²) >= 11 is 0. The zero-order valence-electron chi connectivity index (χ0n) is 3.71. The molecule has 3 nitrogen and oxygen atoms in total. The van der Waals surface area contributed by atoms with Gasteiger partial charge in [0.1, 0.15) is 0 Å². The van der Waals surface area contributed by atoms with Crippen LogP contribution >= 0.6 is 8.20 Å². The first kappa shape index (κ1) is 3.34. The maximum atomic E-state index is 9.58. The first-order chi connectivity index (χ1) is 2.56. The molecule has 0 spiro atoms. The van der Waals surface area contributed by atoms with Crippen molar-refractivity contribution in [2.45, 2.75) is 0 Å². The molecule has 0 fully saturated rings. The molecule has 4 heteroatoms. The summed E-state index contributed by atoms with van der Waals surface area (Å²) in [6, 6.07) is 0. The van der Waals surface area contributed by atoms with Gasteiger partial charge in [-0.3, -0.25) is 4.57 Å². The zero-order valence-corrected chi connectivity index (χ0v) is 3.61. The molecule has 0 rings (SSSR count). The summed E-state index contributed by atoms with van der Waals surface area (Å²) in [5.41, 5.74) is 0. The van der Waals surface area contributed by atoms with Gasteiger partial charge in [-0.15, -0.1) is 0 Å². The molecule has 0 aliphatic rings. The Bertz CT molecular complexity index is 74.9. The van der Waals surface area contributed by atoms with E-state index in [4.69, 9.17) is 6.17 Å². The molecule has 0 radical (unpaired) electrons. The average Bonchev–Trinajstić information content (AvgIpc) is 1.35. The van der Waals surface area contributed by atoms with Crippen LogP contribution in [0.2, 0.25) is 0 Å². The van der Waals surface area contributed by atoms with Crippen LogP contribution in [0.4, 0.5) is 0 Å². The molecule has 0 bridgehead atoms. The maximum absolute atomic E-state index is 9.58. The van der Waals surface area contributed by atoms with Gasteiger partial charge < -0.3 is 9.42 Å². The largest absolute Gasteiger partial charge is 0.326 e. The van der Waals surface area contributed by atoms with E-state index in [1.807, 2.05) is 0 Å². The minimum Gasteiger partial charge on any atom is -0.326 e. The van der Waals surface area contributed by atoms with Crippen LogP contribution in [-0.4, -0.2) is 13.3 Å². The molecule has 0 aliphatic carbocycles. The molecular formula is CH5O3P. The summed E-state index contributed by atoms with van der Waals surface area (Å²) in [5, 5.41) is 0. The second kappa shape index (κ2) is 2.39. The van der Waals surface area contributed by atoms with Gasteiger partial charge in [-0.25, -0.2) is 0 Å². The summed E-state index contributed by atoms with van der Waals surface area (Å²) in [6.45, 7) is 0. The third-order valence-corrected chi connectivity index (χ3v) is 0.469. The molecule has 32 valence electrons. The molecule has 0 aliphatic heterocycles. The highest BCUT2D eigenvalue weighted by atomic mass is 31.1. The molecule has 0 saturated carbocycles. The van der Waals surface area contributed by atoms with E-state index in [1.165, 1.54) is 0 Å². The Morgan fingerprint density at radius 1 is 2.40 bits per heavy atom. The van der Waals surface area contributed by atoms with E-state index < -0.39 is 8.20 Å². The lowest BCUT2D eigenvalue weighted by molar-refractivity contribution is 0.343. The summed E-state index contributed by atoms with van der Waals surface area (Å²) in [7, 11) is -2.89. The second-order valence-corrected chi connectivity index (χ2v) is 1.26. The lowest BCUT2D eigenvalue weighted by Gasteiger charge is -1.78. The van der Waals surface area contributed by atoms with Crippen molar-refractivity contribution in [1.29, 1.82) is 1.28 Å². The predicted octanol–water partition coefficient (Wildman–Crippen LogP) is 0.0148. The number of hydrogen-bond donors (Lipinski definition) is 1. The van der Waals surface area contributed by atoms with Gasteiger partial charge in [-0.2, -0.15) is 0 Å². The maximum Gasteiger partial charge on any atom is 0.316 e. The van der Waals surface area contributed by atoms with Crippen molar-refractivity contribution in [2.24, 2.45) is 0 Å². The van der Waals surface area contributed by atoms with Gasteiger partial charge in [0.05, 0.1) is 0 Å². The quantitative estimate of drug-likeness (QED) is 0.469. The van der Waals surface area contributed by atoms with Crippen molar-refractivity contribution in [3.8, 4) is 0 Å². The van der Waals surface area contributed by atoms with Crippen LogP contribution < -0.4 is 0 Å². The van der Waals surface area contributed by atoms with E-state index >= 15 is 0 Å². The highest BCUT2D eigenvalue weighted by Gasteiger charge is 1.74. The molecule has 0 aromatic carbocycles. The Hall–Kier alpha value is 0.150. The minimum absolute atomic E-state index is 1.01. The first-order valence-corrected chi connectivity index (χ1v) is 2.10. The smallest absolute Gasteiger partial charge is 0.316 e. The normalized spacial score (nSPS) is 24.0. The standard InChI is InChI=1S/CH5O3P/c1-4-5(2)3/h5H,1H3,(H,2,3)/i5D. The lowest BCUT2D eigenvalue weighted by Crippen LogP contribution is -1.57. The van der Waals surface area contributed by atoms with Crippen LogP contribution in [0.15, 0.2) is 0 Å². The molecule has 0 aromatic heterocycles. The molecule has 1 atom stereocenters. The van der Waals surface area contributed by atoms with Gasteiger partial charge in [-0.1, -0.05) is 0 Å². The molecule has 1 unspecified atom stereocenters. The van der Waals surface area contributed by atoms with E-state index in [9.17, 15) is 4.57 Å². The van der Waals surface area contributed by atoms with Gasteiger partial charge in [-0.05, 0) is 0 Å². The van der Waals surface area contributed by atoms with Crippen LogP contribution in [0, 0.1) is 0 Å². The summed E-state index contributed by atoms with van der Waals surface area (Å²) in [5.74, 6) is 0. The summed E-state index contributed by atoms with van der Waals surface area (Å²) in [6.07, 6.45) is 0. The summed E-state index contributed by atoms with van der Waals surface area (Å²) in [4.78, 5) is 7.83. The molecule has 5 heavy (non-hydrogen) atoms. The van der Waals surface area contributed by atoms with Crippen LogP contribution in [0.1, 0.15) is 0 Å².